The van der Waals surface area contributed by atoms with E-state index in [1.807, 2.05) is 36.4 Å². The third-order valence-electron chi connectivity index (χ3n) is 7.29. The van der Waals surface area contributed by atoms with Gasteiger partial charge in [-0.05, 0) is 74.5 Å². The lowest BCUT2D eigenvalue weighted by atomic mass is 10.0. The molecule has 1 saturated carbocycles. The van der Waals surface area contributed by atoms with Crippen LogP contribution in [0.1, 0.15) is 65.6 Å². The Balaban J connectivity index is 1.26. The lowest BCUT2D eigenvalue weighted by molar-refractivity contribution is -0.137. The van der Waals surface area contributed by atoms with Crippen LogP contribution in [0.15, 0.2) is 84.9 Å². The minimum Gasteiger partial charge on any atom is -0.350 e. The van der Waals surface area contributed by atoms with Crippen LogP contribution in [0.3, 0.4) is 0 Å². The molecule has 1 fully saturated rings. The summed E-state index contributed by atoms with van der Waals surface area (Å²) in [4.78, 5) is 25.7. The average molecular weight is 538 g/mol. The van der Waals surface area contributed by atoms with Crippen LogP contribution in [0, 0.1) is 0 Å². The van der Waals surface area contributed by atoms with Crippen molar-refractivity contribution in [2.75, 3.05) is 6.54 Å². The number of rotatable bonds is 12. The summed E-state index contributed by atoms with van der Waals surface area (Å²) in [5.74, 6) is -0.354. The highest BCUT2D eigenvalue weighted by Crippen LogP contribution is 2.51. The van der Waals surface area contributed by atoms with Crippen molar-refractivity contribution < 1.29 is 22.8 Å². The van der Waals surface area contributed by atoms with Crippen LogP contribution in [0.25, 0.3) is 0 Å². The molecule has 8 heteroatoms. The van der Waals surface area contributed by atoms with E-state index in [1.165, 1.54) is 0 Å². The number of carbonyl (C=O) groups is 2. The number of alkyl halides is 3. The number of hydrogen-bond acceptors (Lipinski definition) is 3. The van der Waals surface area contributed by atoms with Gasteiger partial charge in [0.05, 0.1) is 5.56 Å². The van der Waals surface area contributed by atoms with Crippen LogP contribution in [0.4, 0.5) is 13.2 Å². The zero-order chi connectivity index (χ0) is 27.9. The summed E-state index contributed by atoms with van der Waals surface area (Å²) >= 11 is 0. The van der Waals surface area contributed by atoms with E-state index in [9.17, 15) is 22.8 Å². The Kier molecular flexibility index (Phi) is 9.07. The molecule has 3 aromatic rings. The van der Waals surface area contributed by atoms with E-state index >= 15 is 0 Å². The second-order valence-corrected chi connectivity index (χ2v) is 10.3. The van der Waals surface area contributed by atoms with Crippen LogP contribution < -0.4 is 16.0 Å². The fourth-order valence-corrected chi connectivity index (χ4v) is 4.81. The highest BCUT2D eigenvalue weighted by Gasteiger charge is 2.50. The van der Waals surface area contributed by atoms with E-state index in [2.05, 4.69) is 22.9 Å². The monoisotopic (exact) mass is 537 g/mol. The zero-order valence-electron chi connectivity index (χ0n) is 21.9. The van der Waals surface area contributed by atoms with Crippen molar-refractivity contribution in [2.45, 2.75) is 62.8 Å². The Hall–Kier alpha value is -3.65. The van der Waals surface area contributed by atoms with Crippen LogP contribution in [-0.4, -0.2) is 29.9 Å². The second-order valence-electron chi connectivity index (χ2n) is 10.3. The summed E-state index contributed by atoms with van der Waals surface area (Å²) in [6.07, 6.45) is -1.48. The van der Waals surface area contributed by atoms with Gasteiger partial charge < -0.3 is 16.0 Å². The summed E-state index contributed by atoms with van der Waals surface area (Å²) in [6.45, 7) is 3.16. The molecule has 5 nitrogen and oxygen atoms in total. The first-order chi connectivity index (χ1) is 18.7. The Labute approximate surface area is 227 Å². The lowest BCUT2D eigenvalue weighted by Crippen LogP contribution is -2.46. The maximum Gasteiger partial charge on any atom is 0.416 e. The molecule has 206 valence electrons. The summed E-state index contributed by atoms with van der Waals surface area (Å²) in [6, 6.07) is 23.1. The Morgan fingerprint density at radius 1 is 0.923 bits per heavy atom. The van der Waals surface area contributed by atoms with Gasteiger partial charge >= 0.3 is 6.18 Å². The smallest absolute Gasteiger partial charge is 0.350 e. The average Bonchev–Trinajstić information content (AvgIpc) is 3.62. The summed E-state index contributed by atoms with van der Waals surface area (Å²) in [5.41, 5.74) is 1.58. The predicted octanol–water partition coefficient (Wildman–Crippen LogP) is 5.83. The molecule has 39 heavy (non-hydrogen) atoms. The van der Waals surface area contributed by atoms with Crippen molar-refractivity contribution in [2.24, 2.45) is 0 Å². The largest absolute Gasteiger partial charge is 0.416 e. The quantitative estimate of drug-likeness (QED) is 0.255. The maximum atomic E-state index is 13.0. The topological polar surface area (TPSA) is 70.2 Å². The van der Waals surface area contributed by atoms with E-state index in [0.29, 0.717) is 31.5 Å². The number of nitrogens with one attached hydrogen (secondary N) is 3. The van der Waals surface area contributed by atoms with Crippen LogP contribution in [-0.2, 0) is 17.5 Å². The van der Waals surface area contributed by atoms with Gasteiger partial charge in [-0.3, -0.25) is 9.59 Å². The first kappa shape index (κ1) is 28.4. The predicted molar refractivity (Wildman–Crippen MR) is 145 cm³/mol. The van der Waals surface area contributed by atoms with Gasteiger partial charge in [0.1, 0.15) is 6.04 Å². The molecule has 3 aromatic carbocycles. The number of hydrogen-bond donors (Lipinski definition) is 3. The van der Waals surface area contributed by atoms with Gasteiger partial charge in [-0.2, -0.15) is 13.2 Å². The molecule has 0 heterocycles. The van der Waals surface area contributed by atoms with Gasteiger partial charge in [0, 0.05) is 23.6 Å². The molecule has 0 spiro atoms. The van der Waals surface area contributed by atoms with E-state index in [1.54, 1.807) is 36.4 Å². The SMILES string of the molecule is CC1(NCCCCC(NC(=O)c2ccccc2)C(=O)NCc2ccccc2)CC1c1ccc(C(F)(F)F)cc1. The normalized spacial score (nSPS) is 19.2. The van der Waals surface area contributed by atoms with Crippen LogP contribution in [0.5, 0.6) is 0 Å². The lowest BCUT2D eigenvalue weighted by Gasteiger charge is -2.19. The molecule has 1 aliphatic rings. The third kappa shape index (κ3) is 7.93. The maximum absolute atomic E-state index is 13.0. The van der Waals surface area contributed by atoms with Crippen molar-refractivity contribution in [3.8, 4) is 0 Å². The fourth-order valence-electron chi connectivity index (χ4n) is 4.81. The molecule has 2 amide bonds. The van der Waals surface area contributed by atoms with Gasteiger partial charge in [0.2, 0.25) is 5.91 Å². The molecule has 4 rings (SSSR count). The number of amides is 2. The zero-order valence-corrected chi connectivity index (χ0v) is 21.9. The van der Waals surface area contributed by atoms with E-state index < -0.39 is 17.8 Å². The van der Waals surface area contributed by atoms with Gasteiger partial charge in [-0.15, -0.1) is 0 Å². The van der Waals surface area contributed by atoms with E-state index in [-0.39, 0.29) is 23.3 Å². The van der Waals surface area contributed by atoms with E-state index in [0.717, 1.165) is 36.1 Å². The molecule has 0 radical (unpaired) electrons. The van der Waals surface area contributed by atoms with Crippen molar-refractivity contribution >= 4 is 11.8 Å². The Morgan fingerprint density at radius 2 is 1.56 bits per heavy atom. The number of halogens is 3. The Bertz CT molecular complexity index is 1230. The minimum atomic E-state index is -4.33. The summed E-state index contributed by atoms with van der Waals surface area (Å²) < 4.78 is 38.6. The Morgan fingerprint density at radius 3 is 2.21 bits per heavy atom. The molecule has 0 bridgehead atoms. The highest BCUT2D eigenvalue weighted by atomic mass is 19.4. The first-order valence-corrected chi connectivity index (χ1v) is 13.3. The van der Waals surface area contributed by atoms with Gasteiger partial charge in [0.15, 0.2) is 0 Å². The van der Waals surface area contributed by atoms with Crippen molar-refractivity contribution in [1.82, 2.24) is 16.0 Å². The molecule has 3 N–H and O–H groups in total. The van der Waals surface area contributed by atoms with E-state index in [4.69, 9.17) is 0 Å². The van der Waals surface area contributed by atoms with Gasteiger partial charge in [-0.25, -0.2) is 0 Å². The summed E-state index contributed by atoms with van der Waals surface area (Å²) in [7, 11) is 0. The number of benzene rings is 3. The molecular weight excluding hydrogens is 503 g/mol. The van der Waals surface area contributed by atoms with Gasteiger partial charge in [-0.1, -0.05) is 60.7 Å². The standard InChI is InChI=1S/C31H34F3N3O2/c1-30(20-26(30)23-15-17-25(18-16-23)31(32,33)34)36-19-9-8-14-27(37-28(38)24-12-6-3-7-13-24)29(39)35-21-22-10-4-2-5-11-22/h2-7,10-13,15-18,26-27,36H,8-9,14,19-21H2,1H3,(H,35,39)(H,37,38). The van der Waals surface area contributed by atoms with Gasteiger partial charge in [0.25, 0.3) is 5.91 Å². The molecule has 0 aliphatic heterocycles. The molecule has 1 aliphatic carbocycles. The molecule has 0 aromatic heterocycles. The summed E-state index contributed by atoms with van der Waals surface area (Å²) in [5, 5.41) is 9.34. The van der Waals surface area contributed by atoms with Crippen molar-refractivity contribution in [3.63, 3.8) is 0 Å². The first-order valence-electron chi connectivity index (χ1n) is 13.3. The molecule has 3 atom stereocenters. The minimum absolute atomic E-state index is 0.159. The van der Waals surface area contributed by atoms with Crippen molar-refractivity contribution in [3.05, 3.63) is 107 Å². The third-order valence-corrected chi connectivity index (χ3v) is 7.29. The molecular formula is C31H34F3N3O2. The highest BCUT2D eigenvalue weighted by molar-refractivity contribution is 5.97. The second kappa shape index (κ2) is 12.5. The molecule has 3 unspecified atom stereocenters. The number of unbranched alkanes of at least 4 members (excludes halogenated alkanes) is 1. The van der Waals surface area contributed by atoms with Crippen LogP contribution in [0.2, 0.25) is 0 Å². The van der Waals surface area contributed by atoms with Crippen molar-refractivity contribution in [1.29, 1.82) is 0 Å². The fraction of sp³-hybridized carbons (Fsp3) is 0.355. The molecule has 0 saturated heterocycles. The van der Waals surface area contributed by atoms with Crippen LogP contribution >= 0.6 is 0 Å². The number of carbonyl (C=O) groups excluding carboxylic acids is 2.